The van der Waals surface area contributed by atoms with Crippen LogP contribution in [0.25, 0.3) is 100 Å². The van der Waals surface area contributed by atoms with Gasteiger partial charge in [-0.3, -0.25) is 4.40 Å². The maximum atomic E-state index is 6.54. The molecule has 4 heterocycles. The molecule has 0 aliphatic rings. The van der Waals surface area contributed by atoms with E-state index in [0.717, 1.165) is 72.3 Å². The predicted octanol–water partition coefficient (Wildman–Crippen LogP) is 11.8. The van der Waals surface area contributed by atoms with Crippen LogP contribution in [0.1, 0.15) is 0 Å². The van der Waals surface area contributed by atoms with E-state index in [-0.39, 0.29) is 0 Å². The molecule has 0 aliphatic heterocycles. The Hall–Kier alpha value is -7.31. The van der Waals surface area contributed by atoms with Crippen molar-refractivity contribution >= 4 is 49.5 Å². The molecule has 11 rings (SSSR count). The van der Waals surface area contributed by atoms with Gasteiger partial charge < -0.3 is 8.98 Å². The molecule has 0 aliphatic carbocycles. The van der Waals surface area contributed by atoms with Crippen molar-refractivity contribution in [2.45, 2.75) is 0 Å². The second kappa shape index (κ2) is 11.6. The van der Waals surface area contributed by atoms with Gasteiger partial charge >= 0.3 is 0 Å². The highest BCUT2D eigenvalue weighted by Crippen LogP contribution is 2.40. The summed E-state index contributed by atoms with van der Waals surface area (Å²) in [5.74, 6) is 1.82. The minimum atomic E-state index is 0.599. The van der Waals surface area contributed by atoms with Gasteiger partial charge in [-0.25, -0.2) is 15.0 Å². The lowest BCUT2D eigenvalue weighted by molar-refractivity contribution is 0.658. The van der Waals surface area contributed by atoms with Gasteiger partial charge in [-0.05, 0) is 54.1 Å². The van der Waals surface area contributed by atoms with Crippen LogP contribution in [0.15, 0.2) is 180 Å². The lowest BCUT2D eigenvalue weighted by Gasteiger charge is -2.12. The first-order valence-electron chi connectivity index (χ1n) is 17.7. The molecule has 0 fully saturated rings. The van der Waals surface area contributed by atoms with Crippen molar-refractivity contribution < 1.29 is 4.42 Å². The van der Waals surface area contributed by atoms with E-state index in [9.17, 15) is 0 Å². The van der Waals surface area contributed by atoms with Crippen molar-refractivity contribution in [2.75, 3.05) is 0 Å². The lowest BCUT2D eigenvalue weighted by Crippen LogP contribution is -2.01. The molecular weight excluding hydrogens is 651 g/mol. The van der Waals surface area contributed by atoms with Crippen molar-refractivity contribution in [3.63, 3.8) is 0 Å². The van der Waals surface area contributed by atoms with Gasteiger partial charge in [-0.15, -0.1) is 0 Å². The number of fused-ring (bicyclic) bond motifs is 8. The number of oxazole rings is 1. The molecule has 248 valence electrons. The van der Waals surface area contributed by atoms with E-state index in [1.807, 2.05) is 48.5 Å². The normalized spacial score (nSPS) is 11.8. The van der Waals surface area contributed by atoms with Crippen LogP contribution >= 0.6 is 0 Å². The highest BCUT2D eigenvalue weighted by atomic mass is 16.3. The Morgan fingerprint density at radius 3 is 1.60 bits per heavy atom. The Labute approximate surface area is 303 Å². The monoisotopic (exact) mass is 679 g/mol. The molecule has 0 spiro atoms. The van der Waals surface area contributed by atoms with E-state index in [2.05, 4.69) is 136 Å². The molecular formula is C47H29N5O. The third-order valence-electron chi connectivity index (χ3n) is 10.2. The Kier molecular flexibility index (Phi) is 6.45. The molecule has 6 heteroatoms. The number of hydrogen-bond acceptors (Lipinski definition) is 4. The first kappa shape index (κ1) is 29.4. The molecule has 0 saturated carbocycles. The maximum Gasteiger partial charge on any atom is 0.213 e. The summed E-state index contributed by atoms with van der Waals surface area (Å²) in [5.41, 5.74) is 11.9. The van der Waals surface area contributed by atoms with Gasteiger partial charge in [0, 0.05) is 38.5 Å². The Balaban J connectivity index is 1.10. The first-order chi connectivity index (χ1) is 26.3. The van der Waals surface area contributed by atoms with Crippen molar-refractivity contribution in [3.8, 4) is 51.0 Å². The summed E-state index contributed by atoms with van der Waals surface area (Å²) in [5, 5.41) is 3.56. The average Bonchev–Trinajstić information content (AvgIpc) is 3.88. The van der Waals surface area contributed by atoms with E-state index in [1.54, 1.807) is 0 Å². The fourth-order valence-corrected chi connectivity index (χ4v) is 7.81. The Morgan fingerprint density at radius 1 is 0.377 bits per heavy atom. The number of rotatable bonds is 5. The fourth-order valence-electron chi connectivity index (χ4n) is 7.81. The highest BCUT2D eigenvalue weighted by molar-refractivity contribution is 6.09. The number of para-hydroxylation sites is 5. The molecule has 0 N–H and O–H groups in total. The summed E-state index contributed by atoms with van der Waals surface area (Å²) in [6.45, 7) is 0. The minimum absolute atomic E-state index is 0.599. The van der Waals surface area contributed by atoms with Crippen molar-refractivity contribution in [1.82, 2.24) is 23.9 Å². The average molecular weight is 680 g/mol. The smallest absolute Gasteiger partial charge is 0.213 e. The topological polar surface area (TPSA) is 61.1 Å². The molecule has 0 radical (unpaired) electrons. The van der Waals surface area contributed by atoms with Gasteiger partial charge in [-0.2, -0.15) is 0 Å². The van der Waals surface area contributed by atoms with Crippen LogP contribution in [-0.2, 0) is 0 Å². The number of aromatic nitrogens is 5. The lowest BCUT2D eigenvalue weighted by atomic mass is 10.0. The van der Waals surface area contributed by atoms with Crippen LogP contribution in [0.3, 0.4) is 0 Å². The standard InChI is InChI=1S/C47H29N5O/c1-2-14-30(15-3-1)44-48-45(32-17-12-16-31(28-32)43-37-22-6-9-25-40(37)52-41-26-10-11-27-42(41)53-47(43)52)50-46(49-44)33-18-13-19-34(29-33)51-38-23-7-4-20-35(38)36-21-5-8-24-39(36)51/h1-29H. The molecule has 0 amide bonds. The summed E-state index contributed by atoms with van der Waals surface area (Å²) in [4.78, 5) is 15.3. The van der Waals surface area contributed by atoms with Gasteiger partial charge in [0.1, 0.15) is 0 Å². The predicted molar refractivity (Wildman–Crippen MR) is 214 cm³/mol. The van der Waals surface area contributed by atoms with E-state index in [1.165, 1.54) is 10.8 Å². The van der Waals surface area contributed by atoms with Crippen LogP contribution in [0, 0.1) is 0 Å². The van der Waals surface area contributed by atoms with E-state index in [0.29, 0.717) is 17.5 Å². The molecule has 4 aromatic heterocycles. The van der Waals surface area contributed by atoms with Crippen LogP contribution in [0.4, 0.5) is 0 Å². The zero-order valence-electron chi connectivity index (χ0n) is 28.4. The largest absolute Gasteiger partial charge is 0.438 e. The molecule has 6 nitrogen and oxygen atoms in total. The molecule has 53 heavy (non-hydrogen) atoms. The molecule has 0 saturated heterocycles. The number of hydrogen-bond donors (Lipinski definition) is 0. The van der Waals surface area contributed by atoms with Gasteiger partial charge in [0.15, 0.2) is 23.1 Å². The van der Waals surface area contributed by atoms with Crippen LogP contribution in [0.5, 0.6) is 0 Å². The van der Waals surface area contributed by atoms with Crippen molar-refractivity contribution in [2.24, 2.45) is 0 Å². The molecule has 0 unspecified atom stereocenters. The summed E-state index contributed by atoms with van der Waals surface area (Å²) in [6, 6.07) is 60.8. The summed E-state index contributed by atoms with van der Waals surface area (Å²) < 4.78 is 11.1. The second-order valence-corrected chi connectivity index (χ2v) is 13.3. The summed E-state index contributed by atoms with van der Waals surface area (Å²) in [6.07, 6.45) is 0. The second-order valence-electron chi connectivity index (χ2n) is 13.3. The van der Waals surface area contributed by atoms with Crippen LogP contribution in [0.2, 0.25) is 0 Å². The highest BCUT2D eigenvalue weighted by Gasteiger charge is 2.21. The van der Waals surface area contributed by atoms with Crippen molar-refractivity contribution in [3.05, 3.63) is 176 Å². The maximum absolute atomic E-state index is 6.54. The molecule has 0 atom stereocenters. The van der Waals surface area contributed by atoms with E-state index >= 15 is 0 Å². The zero-order chi connectivity index (χ0) is 34.9. The van der Waals surface area contributed by atoms with Crippen LogP contribution in [-0.4, -0.2) is 23.9 Å². The number of benzene rings is 7. The van der Waals surface area contributed by atoms with Gasteiger partial charge in [0.25, 0.3) is 0 Å². The summed E-state index contributed by atoms with van der Waals surface area (Å²) >= 11 is 0. The number of nitrogens with zero attached hydrogens (tertiary/aromatic N) is 5. The summed E-state index contributed by atoms with van der Waals surface area (Å²) in [7, 11) is 0. The van der Waals surface area contributed by atoms with E-state index < -0.39 is 0 Å². The Morgan fingerprint density at radius 2 is 0.887 bits per heavy atom. The first-order valence-corrected chi connectivity index (χ1v) is 17.7. The SMILES string of the molecule is c1ccc(-c2nc(-c3cccc(-c4c5ccccc5n5c4oc4ccccc45)c3)nc(-c3cccc(-n4c5ccccc5c5ccccc54)c3)n2)cc1. The minimum Gasteiger partial charge on any atom is -0.438 e. The fraction of sp³-hybridized carbons (Fsp3) is 0. The zero-order valence-corrected chi connectivity index (χ0v) is 28.4. The quantitative estimate of drug-likeness (QED) is 0.182. The Bertz CT molecular complexity index is 3130. The van der Waals surface area contributed by atoms with Gasteiger partial charge in [-0.1, -0.05) is 127 Å². The molecule has 0 bridgehead atoms. The van der Waals surface area contributed by atoms with Gasteiger partial charge in [0.05, 0.1) is 27.6 Å². The molecule has 11 aromatic rings. The van der Waals surface area contributed by atoms with Gasteiger partial charge in [0.2, 0.25) is 5.71 Å². The molecule has 7 aromatic carbocycles. The third kappa shape index (κ3) is 4.63. The third-order valence-corrected chi connectivity index (χ3v) is 10.2. The van der Waals surface area contributed by atoms with E-state index in [4.69, 9.17) is 19.4 Å². The van der Waals surface area contributed by atoms with Crippen molar-refractivity contribution in [1.29, 1.82) is 0 Å². The van der Waals surface area contributed by atoms with Crippen LogP contribution < -0.4 is 0 Å².